The van der Waals surface area contributed by atoms with Gasteiger partial charge >= 0.3 is 5.97 Å². The molecule has 3 heteroatoms. The van der Waals surface area contributed by atoms with Gasteiger partial charge in [0.2, 0.25) is 0 Å². The van der Waals surface area contributed by atoms with Crippen LogP contribution in [0.5, 0.6) is 0 Å². The van der Waals surface area contributed by atoms with Crippen molar-refractivity contribution in [1.29, 1.82) is 0 Å². The summed E-state index contributed by atoms with van der Waals surface area (Å²) in [5, 5.41) is 3.47. The molecule has 1 heterocycles. The summed E-state index contributed by atoms with van der Waals surface area (Å²) in [6.45, 7) is 6.85. The van der Waals surface area contributed by atoms with E-state index in [-0.39, 0.29) is 11.6 Å². The standard InChI is InChI=1S/C13H23NO2/c1-12(2,3)16-11(15)7-10-8-13(9-14-10)5-4-6-13/h10,14H,4-9H2,1-3H3. The molecular weight excluding hydrogens is 202 g/mol. The van der Waals surface area contributed by atoms with Gasteiger partial charge in [0.05, 0.1) is 6.42 Å². The van der Waals surface area contributed by atoms with Gasteiger partial charge in [-0.05, 0) is 45.4 Å². The van der Waals surface area contributed by atoms with Gasteiger partial charge in [-0.25, -0.2) is 0 Å². The molecule has 0 aromatic rings. The van der Waals surface area contributed by atoms with Crippen molar-refractivity contribution in [3.05, 3.63) is 0 Å². The number of rotatable bonds is 2. The van der Waals surface area contributed by atoms with E-state index in [4.69, 9.17) is 4.74 Å². The summed E-state index contributed by atoms with van der Waals surface area (Å²) in [5.74, 6) is -0.0682. The number of esters is 1. The highest BCUT2D eigenvalue weighted by Crippen LogP contribution is 2.47. The van der Waals surface area contributed by atoms with Gasteiger partial charge in [0, 0.05) is 12.6 Å². The van der Waals surface area contributed by atoms with E-state index in [1.165, 1.54) is 19.3 Å². The molecule has 0 bridgehead atoms. The molecule has 0 aromatic carbocycles. The summed E-state index contributed by atoms with van der Waals surface area (Å²) in [6.07, 6.45) is 5.72. The zero-order valence-electron chi connectivity index (χ0n) is 10.6. The summed E-state index contributed by atoms with van der Waals surface area (Å²) in [5.41, 5.74) is 0.177. The van der Waals surface area contributed by atoms with E-state index in [9.17, 15) is 4.79 Å². The lowest BCUT2D eigenvalue weighted by atomic mass is 9.67. The number of nitrogens with one attached hydrogen (secondary N) is 1. The number of hydrogen-bond donors (Lipinski definition) is 1. The molecule has 2 aliphatic rings. The van der Waals surface area contributed by atoms with Crippen LogP contribution < -0.4 is 5.32 Å². The summed E-state index contributed by atoms with van der Waals surface area (Å²) in [6, 6.07) is 0.343. The summed E-state index contributed by atoms with van der Waals surface area (Å²) >= 11 is 0. The maximum Gasteiger partial charge on any atom is 0.307 e. The molecule has 1 aliphatic carbocycles. The van der Waals surface area contributed by atoms with E-state index >= 15 is 0 Å². The lowest BCUT2D eigenvalue weighted by Gasteiger charge is -2.37. The van der Waals surface area contributed by atoms with E-state index in [1.807, 2.05) is 20.8 Å². The SMILES string of the molecule is CC(C)(C)OC(=O)CC1CC2(CCC2)CN1. The Balaban J connectivity index is 1.76. The predicted octanol–water partition coefficient (Wildman–Crippen LogP) is 2.25. The Bertz CT molecular complexity index is 276. The van der Waals surface area contributed by atoms with Crippen LogP contribution in [0.2, 0.25) is 0 Å². The largest absolute Gasteiger partial charge is 0.460 e. The molecule has 1 aliphatic heterocycles. The Labute approximate surface area is 97.9 Å². The van der Waals surface area contributed by atoms with Crippen LogP contribution in [-0.2, 0) is 9.53 Å². The van der Waals surface area contributed by atoms with Crippen molar-refractivity contribution in [3.8, 4) is 0 Å². The topological polar surface area (TPSA) is 38.3 Å². The predicted molar refractivity (Wildman–Crippen MR) is 63.2 cm³/mol. The van der Waals surface area contributed by atoms with E-state index in [0.29, 0.717) is 17.9 Å². The van der Waals surface area contributed by atoms with Crippen molar-refractivity contribution in [1.82, 2.24) is 5.32 Å². The van der Waals surface area contributed by atoms with Crippen molar-refractivity contribution in [3.63, 3.8) is 0 Å². The Morgan fingerprint density at radius 3 is 2.56 bits per heavy atom. The van der Waals surface area contributed by atoms with Crippen LogP contribution in [0.25, 0.3) is 0 Å². The Morgan fingerprint density at radius 1 is 1.44 bits per heavy atom. The number of carbonyl (C=O) groups excluding carboxylic acids is 1. The highest BCUT2D eigenvalue weighted by atomic mass is 16.6. The maximum absolute atomic E-state index is 11.7. The highest BCUT2D eigenvalue weighted by molar-refractivity contribution is 5.70. The quantitative estimate of drug-likeness (QED) is 0.733. The second-order valence-corrected chi connectivity index (χ2v) is 6.43. The first-order valence-corrected chi connectivity index (χ1v) is 6.34. The fraction of sp³-hybridized carbons (Fsp3) is 0.923. The number of carbonyl (C=O) groups is 1. The van der Waals surface area contributed by atoms with Gasteiger partial charge < -0.3 is 10.1 Å². The van der Waals surface area contributed by atoms with Gasteiger partial charge in [-0.2, -0.15) is 0 Å². The molecule has 2 fully saturated rings. The average molecular weight is 225 g/mol. The average Bonchev–Trinajstić information content (AvgIpc) is 2.43. The van der Waals surface area contributed by atoms with Crippen molar-refractivity contribution >= 4 is 5.97 Å². The zero-order chi connectivity index (χ0) is 11.8. The molecule has 1 saturated carbocycles. The normalized spacial score (nSPS) is 27.8. The third kappa shape index (κ3) is 2.76. The molecule has 16 heavy (non-hydrogen) atoms. The van der Waals surface area contributed by atoms with Crippen LogP contribution in [0.3, 0.4) is 0 Å². The van der Waals surface area contributed by atoms with Gasteiger partial charge in [0.15, 0.2) is 0 Å². The molecule has 1 saturated heterocycles. The van der Waals surface area contributed by atoms with Crippen LogP contribution in [0.15, 0.2) is 0 Å². The summed E-state index contributed by atoms with van der Waals surface area (Å²) in [4.78, 5) is 11.7. The lowest BCUT2D eigenvalue weighted by molar-refractivity contribution is -0.155. The van der Waals surface area contributed by atoms with Crippen molar-refractivity contribution in [2.24, 2.45) is 5.41 Å². The van der Waals surface area contributed by atoms with E-state index in [0.717, 1.165) is 13.0 Å². The lowest BCUT2D eigenvalue weighted by Crippen LogP contribution is -2.31. The van der Waals surface area contributed by atoms with Gasteiger partial charge in [0.1, 0.15) is 5.60 Å². The zero-order valence-corrected chi connectivity index (χ0v) is 10.6. The summed E-state index contributed by atoms with van der Waals surface area (Å²) in [7, 11) is 0. The second-order valence-electron chi connectivity index (χ2n) is 6.43. The van der Waals surface area contributed by atoms with Gasteiger partial charge in [-0.15, -0.1) is 0 Å². The highest BCUT2D eigenvalue weighted by Gasteiger charge is 2.43. The first-order valence-electron chi connectivity index (χ1n) is 6.34. The van der Waals surface area contributed by atoms with Gasteiger partial charge in [-0.3, -0.25) is 4.79 Å². The van der Waals surface area contributed by atoms with Crippen LogP contribution in [0.1, 0.15) is 52.9 Å². The first kappa shape index (κ1) is 11.9. The van der Waals surface area contributed by atoms with E-state index < -0.39 is 0 Å². The van der Waals surface area contributed by atoms with Crippen molar-refractivity contribution < 1.29 is 9.53 Å². The number of ether oxygens (including phenoxy) is 1. The maximum atomic E-state index is 11.7. The van der Waals surface area contributed by atoms with E-state index in [2.05, 4.69) is 5.32 Å². The van der Waals surface area contributed by atoms with Crippen molar-refractivity contribution in [2.45, 2.75) is 64.5 Å². The smallest absolute Gasteiger partial charge is 0.307 e. The Hall–Kier alpha value is -0.570. The Morgan fingerprint density at radius 2 is 2.12 bits per heavy atom. The van der Waals surface area contributed by atoms with Crippen LogP contribution in [-0.4, -0.2) is 24.2 Å². The van der Waals surface area contributed by atoms with Crippen molar-refractivity contribution in [2.75, 3.05) is 6.54 Å². The first-order chi connectivity index (χ1) is 7.39. The fourth-order valence-electron chi connectivity index (χ4n) is 2.81. The molecule has 92 valence electrons. The summed E-state index contributed by atoms with van der Waals surface area (Å²) < 4.78 is 5.34. The fourth-order valence-corrected chi connectivity index (χ4v) is 2.81. The van der Waals surface area contributed by atoms with Crippen LogP contribution in [0.4, 0.5) is 0 Å². The third-order valence-corrected chi connectivity index (χ3v) is 3.69. The molecule has 1 spiro atoms. The van der Waals surface area contributed by atoms with E-state index in [1.54, 1.807) is 0 Å². The van der Waals surface area contributed by atoms with Gasteiger partial charge in [0.25, 0.3) is 0 Å². The minimum atomic E-state index is -0.357. The molecule has 1 unspecified atom stereocenters. The molecular formula is C13H23NO2. The molecule has 1 atom stereocenters. The monoisotopic (exact) mass is 225 g/mol. The molecule has 0 amide bonds. The number of hydrogen-bond acceptors (Lipinski definition) is 3. The molecule has 2 rings (SSSR count). The molecule has 3 nitrogen and oxygen atoms in total. The van der Waals surface area contributed by atoms with Gasteiger partial charge in [-0.1, -0.05) is 6.42 Å². The Kier molecular flexibility index (Phi) is 2.99. The molecule has 0 radical (unpaired) electrons. The minimum Gasteiger partial charge on any atom is -0.460 e. The third-order valence-electron chi connectivity index (χ3n) is 3.69. The molecule has 0 aromatic heterocycles. The molecule has 1 N–H and O–H groups in total. The van der Waals surface area contributed by atoms with Crippen LogP contribution in [0, 0.1) is 5.41 Å². The second kappa shape index (κ2) is 4.02. The minimum absolute atomic E-state index is 0.0682. The van der Waals surface area contributed by atoms with Crippen LogP contribution >= 0.6 is 0 Å².